The molecular formula is C21H28O4. The lowest BCUT2D eigenvalue weighted by molar-refractivity contribution is -0.174. The molecule has 0 radical (unpaired) electrons. The van der Waals surface area contributed by atoms with Crippen molar-refractivity contribution in [2.45, 2.75) is 37.8 Å². The van der Waals surface area contributed by atoms with Crippen molar-refractivity contribution in [2.24, 2.45) is 0 Å². The minimum Gasteiger partial charge on any atom is -0.392 e. The Labute approximate surface area is 150 Å². The molecule has 1 N–H and O–H groups in total. The van der Waals surface area contributed by atoms with Gasteiger partial charge in [-0.1, -0.05) is 60.7 Å². The first-order valence-corrected chi connectivity index (χ1v) is 8.53. The molecule has 4 heteroatoms. The Balaban J connectivity index is 2.01. The molecule has 0 aliphatic rings. The van der Waals surface area contributed by atoms with Crippen molar-refractivity contribution >= 4 is 0 Å². The van der Waals surface area contributed by atoms with E-state index in [-0.39, 0.29) is 0 Å². The maximum atomic E-state index is 10.9. The first-order chi connectivity index (χ1) is 12.1. The second-order valence-corrected chi connectivity index (χ2v) is 6.29. The lowest BCUT2D eigenvalue weighted by Gasteiger charge is -2.40. The lowest BCUT2D eigenvalue weighted by atomic mass is 9.75. The van der Waals surface area contributed by atoms with Crippen LogP contribution in [0.2, 0.25) is 0 Å². The Morgan fingerprint density at radius 1 is 0.920 bits per heavy atom. The van der Waals surface area contributed by atoms with Crippen LogP contribution < -0.4 is 0 Å². The van der Waals surface area contributed by atoms with Crippen molar-refractivity contribution in [3.05, 3.63) is 71.8 Å². The molecule has 0 heterocycles. The fourth-order valence-corrected chi connectivity index (χ4v) is 3.13. The second kappa shape index (κ2) is 9.68. The highest BCUT2D eigenvalue weighted by Gasteiger charge is 2.43. The van der Waals surface area contributed by atoms with Gasteiger partial charge < -0.3 is 19.3 Å². The molecule has 0 saturated heterocycles. The lowest BCUT2D eigenvalue weighted by Crippen LogP contribution is -2.49. The van der Waals surface area contributed by atoms with Crippen molar-refractivity contribution < 1.29 is 19.3 Å². The van der Waals surface area contributed by atoms with E-state index in [1.54, 1.807) is 14.2 Å². The van der Waals surface area contributed by atoms with Crippen molar-refractivity contribution in [3.63, 3.8) is 0 Å². The topological polar surface area (TPSA) is 47.9 Å². The number of hydrogen-bond donors (Lipinski definition) is 1. The third-order valence-corrected chi connectivity index (χ3v) is 4.65. The minimum atomic E-state index is -0.694. The van der Waals surface area contributed by atoms with Gasteiger partial charge in [0.15, 0.2) is 6.29 Å². The molecule has 136 valence electrons. The summed E-state index contributed by atoms with van der Waals surface area (Å²) in [6.45, 7) is 2.95. The molecule has 0 spiro atoms. The number of methoxy groups -OCH3 is 2. The molecule has 0 bridgehead atoms. The molecule has 25 heavy (non-hydrogen) atoms. The van der Waals surface area contributed by atoms with Gasteiger partial charge in [0.05, 0.1) is 18.1 Å². The third kappa shape index (κ3) is 4.89. The smallest absolute Gasteiger partial charge is 0.168 e. The van der Waals surface area contributed by atoms with Crippen LogP contribution in [0.1, 0.15) is 24.5 Å². The van der Waals surface area contributed by atoms with Gasteiger partial charge >= 0.3 is 0 Å². The van der Waals surface area contributed by atoms with Gasteiger partial charge in [-0.25, -0.2) is 0 Å². The van der Waals surface area contributed by atoms with E-state index in [1.807, 2.05) is 67.6 Å². The molecule has 2 aromatic rings. The number of aliphatic hydroxyl groups excluding tert-OH is 1. The summed E-state index contributed by atoms with van der Waals surface area (Å²) >= 11 is 0. The predicted octanol–water partition coefficient (Wildman–Crippen LogP) is 3.53. The zero-order valence-corrected chi connectivity index (χ0v) is 15.2. The summed E-state index contributed by atoms with van der Waals surface area (Å²) in [5, 5.41) is 10.9. The van der Waals surface area contributed by atoms with Gasteiger partial charge in [0, 0.05) is 20.8 Å². The van der Waals surface area contributed by atoms with Crippen LogP contribution in [0.4, 0.5) is 0 Å². The normalized spacial score (nSPS) is 15.1. The molecular weight excluding hydrogens is 316 g/mol. The quantitative estimate of drug-likeness (QED) is 0.529. The molecule has 4 nitrogen and oxygen atoms in total. The van der Waals surface area contributed by atoms with E-state index in [0.29, 0.717) is 19.6 Å². The number of benzene rings is 2. The highest BCUT2D eigenvalue weighted by molar-refractivity contribution is 5.27. The first kappa shape index (κ1) is 19.6. The number of ether oxygens (including phenoxy) is 3. The number of hydrogen-bond acceptors (Lipinski definition) is 4. The summed E-state index contributed by atoms with van der Waals surface area (Å²) in [6, 6.07) is 19.8. The van der Waals surface area contributed by atoms with Gasteiger partial charge in [-0.05, 0) is 24.5 Å². The van der Waals surface area contributed by atoms with Gasteiger partial charge in [0.1, 0.15) is 0 Å². The summed E-state index contributed by atoms with van der Waals surface area (Å²) < 4.78 is 16.7. The highest BCUT2D eigenvalue weighted by Crippen LogP contribution is 2.35. The molecule has 2 atom stereocenters. The molecule has 0 aliphatic heterocycles. The average Bonchev–Trinajstić information content (AvgIpc) is 2.67. The van der Waals surface area contributed by atoms with E-state index in [4.69, 9.17) is 14.2 Å². The average molecular weight is 344 g/mol. The fourth-order valence-electron chi connectivity index (χ4n) is 3.13. The summed E-state index contributed by atoms with van der Waals surface area (Å²) in [4.78, 5) is 0. The van der Waals surface area contributed by atoms with E-state index in [2.05, 4.69) is 0 Å². The van der Waals surface area contributed by atoms with Gasteiger partial charge in [0.25, 0.3) is 0 Å². The van der Waals surface area contributed by atoms with E-state index in [9.17, 15) is 5.11 Å². The Morgan fingerprint density at radius 3 is 2.04 bits per heavy atom. The van der Waals surface area contributed by atoms with E-state index in [1.165, 1.54) is 0 Å². The van der Waals surface area contributed by atoms with Crippen LogP contribution in [0.15, 0.2) is 60.7 Å². The van der Waals surface area contributed by atoms with Crippen molar-refractivity contribution in [1.29, 1.82) is 0 Å². The van der Waals surface area contributed by atoms with Crippen LogP contribution in [0.3, 0.4) is 0 Å². The Bertz CT molecular complexity index is 598. The van der Waals surface area contributed by atoms with Gasteiger partial charge in [-0.2, -0.15) is 0 Å². The van der Waals surface area contributed by atoms with E-state index < -0.39 is 17.8 Å². The van der Waals surface area contributed by atoms with Crippen molar-refractivity contribution in [2.75, 3.05) is 20.8 Å². The zero-order valence-electron chi connectivity index (χ0n) is 15.2. The van der Waals surface area contributed by atoms with Crippen LogP contribution in [0.5, 0.6) is 0 Å². The van der Waals surface area contributed by atoms with Gasteiger partial charge in [0.2, 0.25) is 0 Å². The monoisotopic (exact) mass is 344 g/mol. The van der Waals surface area contributed by atoms with Crippen LogP contribution in [-0.2, 0) is 26.2 Å². The maximum absolute atomic E-state index is 10.9. The maximum Gasteiger partial charge on any atom is 0.168 e. The SMILES string of the molecule is COC(OC)[C@@](C)(c1ccccc1)[C@@H](O)CCOCc1ccccc1. The van der Waals surface area contributed by atoms with Crippen LogP contribution in [0.25, 0.3) is 0 Å². The fraction of sp³-hybridized carbons (Fsp3) is 0.429. The number of aliphatic hydroxyl groups is 1. The number of rotatable bonds is 10. The highest BCUT2D eigenvalue weighted by atomic mass is 16.7. The molecule has 2 rings (SSSR count). The second-order valence-electron chi connectivity index (χ2n) is 6.29. The Morgan fingerprint density at radius 2 is 1.48 bits per heavy atom. The first-order valence-electron chi connectivity index (χ1n) is 8.53. The largest absolute Gasteiger partial charge is 0.392 e. The molecule has 0 amide bonds. The third-order valence-electron chi connectivity index (χ3n) is 4.65. The summed E-state index contributed by atoms with van der Waals surface area (Å²) in [6.07, 6.45) is -0.740. The van der Waals surface area contributed by atoms with Crippen molar-refractivity contribution in [1.82, 2.24) is 0 Å². The zero-order chi connectivity index (χ0) is 18.1. The van der Waals surface area contributed by atoms with Gasteiger partial charge in [-0.3, -0.25) is 0 Å². The Kier molecular flexibility index (Phi) is 7.59. The molecule has 0 fully saturated rings. The minimum absolute atomic E-state index is 0.457. The summed E-state index contributed by atoms with van der Waals surface area (Å²) in [5.41, 5.74) is 1.40. The molecule has 2 aromatic carbocycles. The van der Waals surface area contributed by atoms with Crippen LogP contribution >= 0.6 is 0 Å². The van der Waals surface area contributed by atoms with Crippen molar-refractivity contribution in [3.8, 4) is 0 Å². The Hall–Kier alpha value is -1.72. The predicted molar refractivity (Wildman–Crippen MR) is 98.3 cm³/mol. The molecule has 0 saturated carbocycles. The van der Waals surface area contributed by atoms with Gasteiger partial charge in [-0.15, -0.1) is 0 Å². The van der Waals surface area contributed by atoms with E-state index in [0.717, 1.165) is 11.1 Å². The molecule has 0 aromatic heterocycles. The molecule has 0 unspecified atom stereocenters. The van der Waals surface area contributed by atoms with Crippen LogP contribution in [0, 0.1) is 0 Å². The van der Waals surface area contributed by atoms with Crippen LogP contribution in [-0.4, -0.2) is 38.3 Å². The standard InChI is InChI=1S/C21H28O4/c1-21(20(23-2)24-3,18-12-8-5-9-13-18)19(22)14-15-25-16-17-10-6-4-7-11-17/h4-13,19-20,22H,14-16H2,1-3H3/t19-,21-/m0/s1. The molecule has 0 aliphatic carbocycles. The summed E-state index contributed by atoms with van der Waals surface area (Å²) in [7, 11) is 3.18. The van der Waals surface area contributed by atoms with E-state index >= 15 is 0 Å². The summed E-state index contributed by atoms with van der Waals surface area (Å²) in [5.74, 6) is 0.